The van der Waals surface area contributed by atoms with E-state index < -0.39 is 11.2 Å². The van der Waals surface area contributed by atoms with Crippen molar-refractivity contribution in [1.29, 1.82) is 0 Å². The molecule has 0 saturated carbocycles. The molecule has 1 aromatic heterocycles. The van der Waals surface area contributed by atoms with Crippen LogP contribution < -0.4 is 11.2 Å². The Morgan fingerprint density at radius 2 is 1.80 bits per heavy atom. The Balaban J connectivity index is 1.57. The molecule has 2 aromatic rings. The van der Waals surface area contributed by atoms with Crippen molar-refractivity contribution in [3.8, 4) is 0 Å². The van der Waals surface area contributed by atoms with Crippen LogP contribution in [0.3, 0.4) is 0 Å². The average molecular weight is 342 g/mol. The summed E-state index contributed by atoms with van der Waals surface area (Å²) in [6, 6.07) is 11.5. The maximum absolute atomic E-state index is 12.5. The molecule has 0 unspecified atom stereocenters. The highest BCUT2D eigenvalue weighted by molar-refractivity contribution is 5.76. The standard InChI is InChI=1S/C18H22N4O3/c23-16-7-10-22(18(25)19-16)14-17(24)21-9-4-8-20(11-12-21)13-15-5-2-1-3-6-15/h1-3,5-7,10H,4,8-9,11-14H2,(H,19,23,25). The summed E-state index contributed by atoms with van der Waals surface area (Å²) in [7, 11) is 0. The maximum atomic E-state index is 12.5. The number of hydrogen-bond donors (Lipinski definition) is 1. The van der Waals surface area contributed by atoms with E-state index in [9.17, 15) is 14.4 Å². The molecule has 1 aliphatic heterocycles. The highest BCUT2D eigenvalue weighted by Gasteiger charge is 2.19. The second kappa shape index (κ2) is 7.94. The highest BCUT2D eigenvalue weighted by atomic mass is 16.2. The Labute approximate surface area is 145 Å². The van der Waals surface area contributed by atoms with Gasteiger partial charge in [0.15, 0.2) is 0 Å². The van der Waals surface area contributed by atoms with Gasteiger partial charge >= 0.3 is 5.69 Å². The monoisotopic (exact) mass is 342 g/mol. The maximum Gasteiger partial charge on any atom is 0.328 e. The van der Waals surface area contributed by atoms with Gasteiger partial charge in [0.2, 0.25) is 5.91 Å². The molecule has 7 nitrogen and oxygen atoms in total. The van der Waals surface area contributed by atoms with Crippen LogP contribution in [0.4, 0.5) is 0 Å². The molecular formula is C18H22N4O3. The summed E-state index contributed by atoms with van der Waals surface area (Å²) < 4.78 is 1.23. The van der Waals surface area contributed by atoms with E-state index >= 15 is 0 Å². The van der Waals surface area contributed by atoms with Crippen LogP contribution in [0.2, 0.25) is 0 Å². The number of rotatable bonds is 4. The molecule has 1 aromatic carbocycles. The molecular weight excluding hydrogens is 320 g/mol. The Bertz CT molecular complexity index is 828. The van der Waals surface area contributed by atoms with Gasteiger partial charge in [-0.3, -0.25) is 24.0 Å². The van der Waals surface area contributed by atoms with E-state index in [4.69, 9.17) is 0 Å². The van der Waals surface area contributed by atoms with Gasteiger partial charge in [0.1, 0.15) is 6.54 Å². The number of aromatic nitrogens is 2. The fourth-order valence-corrected chi connectivity index (χ4v) is 3.03. The Morgan fingerprint density at radius 1 is 1.00 bits per heavy atom. The average Bonchev–Trinajstić information content (AvgIpc) is 2.84. The second-order valence-corrected chi connectivity index (χ2v) is 6.23. The lowest BCUT2D eigenvalue weighted by atomic mass is 10.2. The lowest BCUT2D eigenvalue weighted by Crippen LogP contribution is -2.40. The van der Waals surface area contributed by atoms with Crippen LogP contribution in [0.5, 0.6) is 0 Å². The summed E-state index contributed by atoms with van der Waals surface area (Å²) in [5.74, 6) is -0.101. The van der Waals surface area contributed by atoms with E-state index in [1.807, 2.05) is 18.2 Å². The number of amides is 1. The predicted octanol–water partition coefficient (Wildman–Crippen LogP) is 0.271. The fraction of sp³-hybridized carbons (Fsp3) is 0.389. The Morgan fingerprint density at radius 3 is 2.56 bits per heavy atom. The van der Waals surface area contributed by atoms with Crippen LogP contribution in [-0.2, 0) is 17.9 Å². The van der Waals surface area contributed by atoms with Gasteiger partial charge in [-0.05, 0) is 12.0 Å². The molecule has 1 amide bonds. The van der Waals surface area contributed by atoms with Crippen LogP contribution >= 0.6 is 0 Å². The molecule has 2 heterocycles. The van der Waals surface area contributed by atoms with Crippen LogP contribution in [0, 0.1) is 0 Å². The Kier molecular flexibility index (Phi) is 5.45. The van der Waals surface area contributed by atoms with E-state index in [0.717, 1.165) is 26.1 Å². The van der Waals surface area contributed by atoms with Gasteiger partial charge in [0.05, 0.1) is 0 Å². The van der Waals surface area contributed by atoms with E-state index in [1.165, 1.54) is 22.4 Å². The van der Waals surface area contributed by atoms with Crippen molar-refractivity contribution >= 4 is 5.91 Å². The van der Waals surface area contributed by atoms with Gasteiger partial charge in [0.25, 0.3) is 5.56 Å². The minimum absolute atomic E-state index is 0.0473. The summed E-state index contributed by atoms with van der Waals surface area (Å²) in [6.07, 6.45) is 2.26. The molecule has 1 saturated heterocycles. The van der Waals surface area contributed by atoms with Gasteiger partial charge in [-0.15, -0.1) is 0 Å². The molecule has 0 aliphatic carbocycles. The van der Waals surface area contributed by atoms with Crippen LogP contribution in [-0.4, -0.2) is 51.4 Å². The molecule has 25 heavy (non-hydrogen) atoms. The van der Waals surface area contributed by atoms with Gasteiger partial charge in [-0.25, -0.2) is 4.79 Å². The predicted molar refractivity (Wildman–Crippen MR) is 94.2 cm³/mol. The van der Waals surface area contributed by atoms with Crippen molar-refractivity contribution in [2.45, 2.75) is 19.5 Å². The number of carbonyl (C=O) groups is 1. The zero-order valence-corrected chi connectivity index (χ0v) is 14.1. The third-order valence-corrected chi connectivity index (χ3v) is 4.39. The Hall–Kier alpha value is -2.67. The van der Waals surface area contributed by atoms with Crippen molar-refractivity contribution in [2.24, 2.45) is 0 Å². The summed E-state index contributed by atoms with van der Waals surface area (Å²) in [5, 5.41) is 0. The summed E-state index contributed by atoms with van der Waals surface area (Å²) >= 11 is 0. The highest BCUT2D eigenvalue weighted by Crippen LogP contribution is 2.09. The number of aromatic amines is 1. The van der Waals surface area contributed by atoms with Crippen molar-refractivity contribution < 1.29 is 4.79 Å². The quantitative estimate of drug-likeness (QED) is 0.865. The summed E-state index contributed by atoms with van der Waals surface area (Å²) in [5.41, 5.74) is 0.253. The molecule has 0 radical (unpaired) electrons. The molecule has 1 fully saturated rings. The van der Waals surface area contributed by atoms with Gasteiger partial charge < -0.3 is 4.90 Å². The summed E-state index contributed by atoms with van der Waals surface area (Å²) in [6.45, 7) is 3.90. The third-order valence-electron chi connectivity index (χ3n) is 4.39. The first kappa shape index (κ1) is 17.2. The molecule has 7 heteroatoms. The molecule has 0 spiro atoms. The van der Waals surface area contributed by atoms with Crippen LogP contribution in [0.1, 0.15) is 12.0 Å². The van der Waals surface area contributed by atoms with Crippen molar-refractivity contribution in [1.82, 2.24) is 19.4 Å². The topological polar surface area (TPSA) is 78.4 Å². The zero-order valence-electron chi connectivity index (χ0n) is 14.1. The van der Waals surface area contributed by atoms with Crippen LogP contribution in [0.25, 0.3) is 0 Å². The van der Waals surface area contributed by atoms with Crippen LogP contribution in [0.15, 0.2) is 52.2 Å². The first-order valence-corrected chi connectivity index (χ1v) is 8.45. The number of nitrogens with one attached hydrogen (secondary N) is 1. The molecule has 3 rings (SSSR count). The molecule has 0 atom stereocenters. The minimum atomic E-state index is -0.554. The SMILES string of the molecule is O=C(Cn1ccc(=O)[nH]c1=O)N1CCCN(Cc2ccccc2)CC1. The van der Waals surface area contributed by atoms with Crippen molar-refractivity contribution in [2.75, 3.05) is 26.2 Å². The van der Waals surface area contributed by atoms with Gasteiger partial charge in [0, 0.05) is 45.0 Å². The molecule has 132 valence electrons. The number of hydrogen-bond acceptors (Lipinski definition) is 4. The number of H-pyrrole nitrogens is 1. The smallest absolute Gasteiger partial charge is 0.328 e. The largest absolute Gasteiger partial charge is 0.340 e. The van der Waals surface area contributed by atoms with Gasteiger partial charge in [-0.1, -0.05) is 30.3 Å². The molecule has 1 aliphatic rings. The van der Waals surface area contributed by atoms with Crippen molar-refractivity contribution in [3.05, 3.63) is 69.0 Å². The first-order valence-electron chi connectivity index (χ1n) is 8.45. The van der Waals surface area contributed by atoms with E-state index in [-0.39, 0.29) is 12.5 Å². The molecule has 1 N–H and O–H groups in total. The first-order chi connectivity index (χ1) is 12.1. The van der Waals surface area contributed by atoms with E-state index in [0.29, 0.717) is 13.1 Å². The second-order valence-electron chi connectivity index (χ2n) is 6.23. The van der Waals surface area contributed by atoms with E-state index in [2.05, 4.69) is 22.0 Å². The normalized spacial score (nSPS) is 15.8. The number of nitrogens with zero attached hydrogens (tertiary/aromatic N) is 3. The zero-order chi connectivity index (χ0) is 17.6. The lowest BCUT2D eigenvalue weighted by molar-refractivity contribution is -0.131. The summed E-state index contributed by atoms with van der Waals surface area (Å²) in [4.78, 5) is 41.6. The third kappa shape index (κ3) is 4.67. The van der Waals surface area contributed by atoms with Gasteiger partial charge in [-0.2, -0.15) is 0 Å². The van der Waals surface area contributed by atoms with E-state index in [1.54, 1.807) is 4.90 Å². The number of benzene rings is 1. The van der Waals surface area contributed by atoms with Crippen molar-refractivity contribution in [3.63, 3.8) is 0 Å². The fourth-order valence-electron chi connectivity index (χ4n) is 3.03. The molecule has 0 bridgehead atoms. The number of carbonyl (C=O) groups excluding carboxylic acids is 1. The minimum Gasteiger partial charge on any atom is -0.340 e. The lowest BCUT2D eigenvalue weighted by Gasteiger charge is -2.22.